The molecular formula is C16H12F2N2O2S. The van der Waals surface area contributed by atoms with Gasteiger partial charge in [-0.1, -0.05) is 12.1 Å². The highest BCUT2D eigenvalue weighted by molar-refractivity contribution is 7.89. The van der Waals surface area contributed by atoms with Crippen LogP contribution in [0.25, 0.3) is 22.4 Å². The van der Waals surface area contributed by atoms with E-state index in [1.54, 1.807) is 24.4 Å². The topological polar surface area (TPSA) is 76.0 Å². The zero-order valence-corrected chi connectivity index (χ0v) is 12.6. The summed E-state index contributed by atoms with van der Waals surface area (Å²) >= 11 is 0. The maximum absolute atomic E-state index is 14.0. The van der Waals surface area contributed by atoms with E-state index in [1.807, 2.05) is 0 Å². The van der Waals surface area contributed by atoms with Crippen molar-refractivity contribution >= 4 is 10.0 Å². The lowest BCUT2D eigenvalue weighted by atomic mass is 10.0. The highest BCUT2D eigenvalue weighted by Crippen LogP contribution is 2.33. The van der Waals surface area contributed by atoms with E-state index in [2.05, 4.69) is 4.98 Å². The molecule has 0 fully saturated rings. The minimum absolute atomic E-state index is 0.0117. The van der Waals surface area contributed by atoms with E-state index in [-0.39, 0.29) is 10.5 Å². The van der Waals surface area contributed by atoms with Crippen molar-refractivity contribution in [3.05, 3.63) is 66.4 Å². The van der Waals surface area contributed by atoms with Crippen LogP contribution in [0, 0.1) is 11.6 Å². The maximum Gasteiger partial charge on any atom is 0.238 e. The molecule has 1 aromatic heterocycles. The van der Waals surface area contributed by atoms with Crippen LogP contribution in [-0.2, 0) is 10.0 Å². The third kappa shape index (κ3) is 3.01. The number of sulfonamides is 1. The van der Waals surface area contributed by atoms with Crippen molar-refractivity contribution in [3.8, 4) is 22.4 Å². The third-order valence-electron chi connectivity index (χ3n) is 3.44. The Morgan fingerprint density at radius 1 is 0.913 bits per heavy atom. The van der Waals surface area contributed by atoms with Crippen molar-refractivity contribution in [2.75, 3.05) is 0 Å². The minimum atomic E-state index is -3.77. The lowest BCUT2D eigenvalue weighted by Crippen LogP contribution is -2.11. The molecule has 0 aliphatic rings. The summed E-state index contributed by atoms with van der Waals surface area (Å²) in [5.74, 6) is -1.33. The number of hydrogen-bond acceptors (Lipinski definition) is 2. The Morgan fingerprint density at radius 3 is 2.22 bits per heavy atom. The van der Waals surface area contributed by atoms with Gasteiger partial charge in [0, 0.05) is 23.4 Å². The SMILES string of the molecule is NS(=O)(=O)c1ccc(-c2[nH]ccc2-c2ccc(F)cc2F)cc1. The molecule has 1 heterocycles. The molecule has 0 aliphatic carbocycles. The fraction of sp³-hybridized carbons (Fsp3) is 0. The van der Waals surface area contributed by atoms with E-state index in [9.17, 15) is 17.2 Å². The Labute approximate surface area is 131 Å². The summed E-state index contributed by atoms with van der Waals surface area (Å²) in [5, 5.41) is 5.06. The molecule has 0 spiro atoms. The number of primary sulfonamides is 1. The molecule has 0 amide bonds. The summed E-state index contributed by atoms with van der Waals surface area (Å²) in [5.41, 5.74) is 2.04. The second-order valence-corrected chi connectivity index (χ2v) is 6.52. The molecule has 118 valence electrons. The van der Waals surface area contributed by atoms with E-state index in [4.69, 9.17) is 5.14 Å². The zero-order valence-electron chi connectivity index (χ0n) is 11.8. The van der Waals surface area contributed by atoms with Gasteiger partial charge in [0.2, 0.25) is 10.0 Å². The van der Waals surface area contributed by atoms with Gasteiger partial charge in [0.15, 0.2) is 0 Å². The molecule has 0 atom stereocenters. The van der Waals surface area contributed by atoms with Crippen LogP contribution in [0.1, 0.15) is 0 Å². The fourth-order valence-corrected chi connectivity index (χ4v) is 2.87. The average molecular weight is 334 g/mol. The average Bonchev–Trinajstić information content (AvgIpc) is 2.95. The number of aromatic amines is 1. The van der Waals surface area contributed by atoms with Gasteiger partial charge in [-0.05, 0) is 35.9 Å². The van der Waals surface area contributed by atoms with Crippen LogP contribution in [0.2, 0.25) is 0 Å². The highest BCUT2D eigenvalue weighted by atomic mass is 32.2. The van der Waals surface area contributed by atoms with Gasteiger partial charge in [-0.3, -0.25) is 0 Å². The number of rotatable bonds is 3. The predicted octanol–water partition coefficient (Wildman–Crippen LogP) is 3.27. The van der Waals surface area contributed by atoms with E-state index < -0.39 is 21.7 Å². The standard InChI is InChI=1S/C16H12F2N2O2S/c17-11-3-6-13(15(18)9-11)14-7-8-20-16(14)10-1-4-12(5-2-10)23(19,21)22/h1-9,20H,(H2,19,21,22). The van der Waals surface area contributed by atoms with Crippen LogP contribution < -0.4 is 5.14 Å². The summed E-state index contributed by atoms with van der Waals surface area (Å²) in [7, 11) is -3.77. The second-order valence-electron chi connectivity index (χ2n) is 4.96. The molecule has 0 bridgehead atoms. The van der Waals surface area contributed by atoms with Crippen LogP contribution >= 0.6 is 0 Å². The molecule has 0 aliphatic heterocycles. The number of H-pyrrole nitrogens is 1. The van der Waals surface area contributed by atoms with Crippen molar-refractivity contribution in [3.63, 3.8) is 0 Å². The van der Waals surface area contributed by atoms with Crippen LogP contribution in [0.3, 0.4) is 0 Å². The molecule has 0 saturated carbocycles. The van der Waals surface area contributed by atoms with Gasteiger partial charge in [-0.2, -0.15) is 0 Å². The van der Waals surface area contributed by atoms with Crippen molar-refractivity contribution in [1.82, 2.24) is 4.98 Å². The first-order chi connectivity index (χ1) is 10.9. The summed E-state index contributed by atoms with van der Waals surface area (Å²) in [6.07, 6.45) is 1.63. The predicted molar refractivity (Wildman–Crippen MR) is 83.0 cm³/mol. The zero-order chi connectivity index (χ0) is 16.6. The Bertz CT molecular complexity index is 964. The molecule has 0 unspecified atom stereocenters. The normalized spacial score (nSPS) is 11.6. The summed E-state index contributed by atoms with van der Waals surface area (Å²) in [4.78, 5) is 2.97. The van der Waals surface area contributed by atoms with Crippen LogP contribution in [0.5, 0.6) is 0 Å². The Kier molecular flexibility index (Phi) is 3.75. The number of nitrogens with one attached hydrogen (secondary N) is 1. The molecule has 7 heteroatoms. The summed E-state index contributed by atoms with van der Waals surface area (Å²) in [6, 6.07) is 10.9. The van der Waals surface area contributed by atoms with Gasteiger partial charge >= 0.3 is 0 Å². The van der Waals surface area contributed by atoms with E-state index in [0.717, 1.165) is 6.07 Å². The van der Waals surface area contributed by atoms with Crippen LogP contribution in [0.15, 0.2) is 59.6 Å². The van der Waals surface area contributed by atoms with Crippen molar-refractivity contribution in [2.45, 2.75) is 4.90 Å². The van der Waals surface area contributed by atoms with Crippen molar-refractivity contribution in [2.24, 2.45) is 5.14 Å². The molecule has 4 nitrogen and oxygen atoms in total. The van der Waals surface area contributed by atoms with Gasteiger partial charge in [-0.25, -0.2) is 22.3 Å². The molecule has 23 heavy (non-hydrogen) atoms. The molecule has 3 rings (SSSR count). The smallest absolute Gasteiger partial charge is 0.238 e. The fourth-order valence-electron chi connectivity index (χ4n) is 2.35. The first-order valence-corrected chi connectivity index (χ1v) is 8.17. The van der Waals surface area contributed by atoms with Gasteiger partial charge < -0.3 is 4.98 Å². The molecule has 0 saturated heterocycles. The van der Waals surface area contributed by atoms with Gasteiger partial charge in [0.1, 0.15) is 11.6 Å². The maximum atomic E-state index is 14.0. The molecule has 3 N–H and O–H groups in total. The monoisotopic (exact) mass is 334 g/mol. The minimum Gasteiger partial charge on any atom is -0.361 e. The Balaban J connectivity index is 2.08. The Morgan fingerprint density at radius 2 is 1.61 bits per heavy atom. The number of nitrogens with two attached hydrogens (primary N) is 1. The quantitative estimate of drug-likeness (QED) is 0.771. The first-order valence-electron chi connectivity index (χ1n) is 6.62. The summed E-state index contributed by atoms with van der Waals surface area (Å²) in [6.45, 7) is 0. The van der Waals surface area contributed by atoms with Crippen LogP contribution in [-0.4, -0.2) is 13.4 Å². The number of benzene rings is 2. The highest BCUT2D eigenvalue weighted by Gasteiger charge is 2.14. The lowest BCUT2D eigenvalue weighted by Gasteiger charge is -2.07. The van der Waals surface area contributed by atoms with Gasteiger partial charge in [0.05, 0.1) is 10.6 Å². The second kappa shape index (κ2) is 5.60. The Hall–Kier alpha value is -2.51. The number of hydrogen-bond donors (Lipinski definition) is 2. The molecule has 2 aromatic carbocycles. The molecule has 3 aromatic rings. The van der Waals surface area contributed by atoms with E-state index in [0.29, 0.717) is 16.8 Å². The number of halogens is 2. The van der Waals surface area contributed by atoms with Gasteiger partial charge in [-0.15, -0.1) is 0 Å². The summed E-state index contributed by atoms with van der Waals surface area (Å²) < 4.78 is 49.6. The molecule has 0 radical (unpaired) electrons. The third-order valence-corrected chi connectivity index (χ3v) is 4.37. The van der Waals surface area contributed by atoms with Gasteiger partial charge in [0.25, 0.3) is 0 Å². The largest absolute Gasteiger partial charge is 0.361 e. The van der Waals surface area contributed by atoms with Crippen LogP contribution in [0.4, 0.5) is 8.78 Å². The number of aromatic nitrogens is 1. The van der Waals surface area contributed by atoms with Crippen molar-refractivity contribution in [1.29, 1.82) is 0 Å². The van der Waals surface area contributed by atoms with Crippen molar-refractivity contribution < 1.29 is 17.2 Å². The lowest BCUT2D eigenvalue weighted by molar-refractivity contribution is 0.585. The van der Waals surface area contributed by atoms with E-state index >= 15 is 0 Å². The van der Waals surface area contributed by atoms with E-state index in [1.165, 1.54) is 24.3 Å². The molecular weight excluding hydrogens is 322 g/mol. The first kappa shape index (κ1) is 15.4.